The summed E-state index contributed by atoms with van der Waals surface area (Å²) >= 11 is 0. The second kappa shape index (κ2) is 11.9. The molecule has 0 aromatic heterocycles. The molecular weight excluding hydrogens is 286 g/mol. The fourth-order valence-corrected chi connectivity index (χ4v) is 1.99. The molecule has 0 fully saturated rings. The van der Waals surface area contributed by atoms with E-state index in [0.29, 0.717) is 26.4 Å². The van der Waals surface area contributed by atoms with Gasteiger partial charge in [-0.3, -0.25) is 0 Å². The van der Waals surface area contributed by atoms with Crippen LogP contribution in [0, 0.1) is 11.3 Å². The maximum atomic E-state index is 11.5. The SMILES string of the molecule is CC[N+](CC)(CCOCCOC)CCOC(=O)C(=C=[N-])C#N. The Labute approximate surface area is 132 Å². The average Bonchev–Trinajstić information content (AvgIpc) is 2.54. The van der Waals surface area contributed by atoms with Gasteiger partial charge in [-0.15, -0.1) is 0 Å². The number of methoxy groups -OCH3 is 1. The number of nitrogens with zero attached hydrogens (tertiary/aromatic N) is 3. The third kappa shape index (κ3) is 7.34. The zero-order valence-corrected chi connectivity index (χ0v) is 13.6. The molecule has 0 aliphatic carbocycles. The van der Waals surface area contributed by atoms with E-state index < -0.39 is 11.5 Å². The molecule has 0 amide bonds. The van der Waals surface area contributed by atoms with Gasteiger partial charge >= 0.3 is 5.97 Å². The van der Waals surface area contributed by atoms with E-state index in [2.05, 4.69) is 13.8 Å². The highest BCUT2D eigenvalue weighted by atomic mass is 16.5. The van der Waals surface area contributed by atoms with Gasteiger partial charge in [-0.25, -0.2) is 10.7 Å². The van der Waals surface area contributed by atoms with E-state index >= 15 is 0 Å². The van der Waals surface area contributed by atoms with Crippen LogP contribution >= 0.6 is 0 Å². The van der Waals surface area contributed by atoms with Crippen LogP contribution in [0.5, 0.6) is 0 Å². The van der Waals surface area contributed by atoms with Gasteiger partial charge in [-0.2, -0.15) is 5.26 Å². The van der Waals surface area contributed by atoms with E-state index in [-0.39, 0.29) is 6.61 Å². The fraction of sp³-hybridized carbons (Fsp3) is 0.733. The molecule has 0 aromatic carbocycles. The molecule has 0 rings (SSSR count). The Morgan fingerprint density at radius 3 is 2.27 bits per heavy atom. The lowest BCUT2D eigenvalue weighted by molar-refractivity contribution is -0.925. The standard InChI is InChI=1S/C15H25N3O4/c1-4-18(5-2,6-8-21-11-10-20-3)7-9-22-15(19)14(12-16)13-17/h4-11H2,1-3H3. The first kappa shape index (κ1) is 20.3. The molecule has 0 unspecified atom stereocenters. The second-order valence-corrected chi connectivity index (χ2v) is 4.76. The molecule has 7 nitrogen and oxygen atoms in total. The van der Waals surface area contributed by atoms with Crippen LogP contribution in [0.15, 0.2) is 5.57 Å². The van der Waals surface area contributed by atoms with Crippen LogP contribution in [0.25, 0.3) is 5.41 Å². The van der Waals surface area contributed by atoms with Crippen molar-refractivity contribution in [3.63, 3.8) is 0 Å². The molecule has 0 radical (unpaired) electrons. The number of hydrogen-bond acceptors (Lipinski definition) is 5. The maximum absolute atomic E-state index is 11.5. The summed E-state index contributed by atoms with van der Waals surface area (Å²) in [5.74, 6) is 0.670. The lowest BCUT2D eigenvalue weighted by Gasteiger charge is -2.36. The number of carbonyl (C=O) groups excluding carboxylic acids is 1. The summed E-state index contributed by atoms with van der Waals surface area (Å²) < 4.78 is 16.2. The van der Waals surface area contributed by atoms with Gasteiger partial charge in [0.2, 0.25) is 0 Å². The minimum atomic E-state index is -0.855. The average molecular weight is 311 g/mol. The molecule has 0 aliphatic heterocycles. The van der Waals surface area contributed by atoms with E-state index in [1.54, 1.807) is 7.11 Å². The van der Waals surface area contributed by atoms with Gasteiger partial charge in [0.1, 0.15) is 25.8 Å². The van der Waals surface area contributed by atoms with Gasteiger partial charge in [0.15, 0.2) is 5.57 Å². The van der Waals surface area contributed by atoms with Gasteiger partial charge in [0, 0.05) is 7.11 Å². The smallest absolute Gasteiger partial charge is 0.355 e. The van der Waals surface area contributed by atoms with Gasteiger partial charge in [0.05, 0.1) is 32.9 Å². The van der Waals surface area contributed by atoms with Gasteiger partial charge in [-0.1, -0.05) is 0 Å². The summed E-state index contributed by atoms with van der Waals surface area (Å²) in [7, 11) is 1.63. The Balaban J connectivity index is 4.30. The van der Waals surface area contributed by atoms with Crippen molar-refractivity contribution in [3.05, 3.63) is 11.0 Å². The number of carbonyl (C=O) groups is 1. The van der Waals surface area contributed by atoms with Crippen molar-refractivity contribution < 1.29 is 23.5 Å². The number of esters is 1. The predicted molar refractivity (Wildman–Crippen MR) is 82.2 cm³/mol. The summed E-state index contributed by atoms with van der Waals surface area (Å²) in [6.45, 7) is 9.24. The molecule has 0 aliphatic rings. The lowest BCUT2D eigenvalue weighted by atomic mass is 10.3. The maximum Gasteiger partial charge on any atom is 0.355 e. The minimum absolute atomic E-state index is 0.172. The highest BCUT2D eigenvalue weighted by Crippen LogP contribution is 2.06. The van der Waals surface area contributed by atoms with Crippen molar-refractivity contribution in [2.45, 2.75) is 13.8 Å². The Kier molecular flexibility index (Phi) is 11.0. The van der Waals surface area contributed by atoms with Crippen molar-refractivity contribution in [3.8, 4) is 6.07 Å². The van der Waals surface area contributed by atoms with Crippen LogP contribution in [-0.2, 0) is 19.0 Å². The molecular formula is C15H25N3O4. The Morgan fingerprint density at radius 2 is 1.77 bits per heavy atom. The number of quaternary nitrogens is 1. The summed E-state index contributed by atoms with van der Waals surface area (Å²) in [6.07, 6.45) is 0. The summed E-state index contributed by atoms with van der Waals surface area (Å²) in [6, 6.07) is 1.53. The molecule has 0 N–H and O–H groups in total. The first-order chi connectivity index (χ1) is 10.6. The third-order valence-corrected chi connectivity index (χ3v) is 3.71. The van der Waals surface area contributed by atoms with Crippen molar-refractivity contribution in [1.82, 2.24) is 0 Å². The van der Waals surface area contributed by atoms with E-state index in [4.69, 9.17) is 24.9 Å². The largest absolute Gasteiger partial charge is 0.762 e. The lowest BCUT2D eigenvalue weighted by Crippen LogP contribution is -2.52. The van der Waals surface area contributed by atoms with Crippen molar-refractivity contribution in [2.75, 3.05) is 59.7 Å². The monoisotopic (exact) mass is 311 g/mol. The first-order valence-electron chi connectivity index (χ1n) is 7.35. The van der Waals surface area contributed by atoms with Crippen LogP contribution in [0.2, 0.25) is 0 Å². The van der Waals surface area contributed by atoms with Crippen LogP contribution < -0.4 is 0 Å². The zero-order chi connectivity index (χ0) is 16.8. The molecule has 22 heavy (non-hydrogen) atoms. The number of rotatable bonds is 12. The van der Waals surface area contributed by atoms with Crippen molar-refractivity contribution >= 4 is 11.8 Å². The molecule has 7 heteroatoms. The van der Waals surface area contributed by atoms with Gasteiger partial charge < -0.3 is 24.1 Å². The Bertz CT molecular complexity index is 421. The molecule has 0 heterocycles. The van der Waals surface area contributed by atoms with Crippen LogP contribution in [0.1, 0.15) is 13.8 Å². The zero-order valence-electron chi connectivity index (χ0n) is 13.6. The van der Waals surface area contributed by atoms with Gasteiger partial charge in [-0.05, 0) is 13.8 Å². The van der Waals surface area contributed by atoms with E-state index in [1.807, 2.05) is 0 Å². The number of nitriles is 1. The van der Waals surface area contributed by atoms with Gasteiger partial charge in [0.25, 0.3) is 0 Å². The number of likely N-dealkylation sites (N-methyl/N-ethyl adjacent to an activating group) is 1. The normalized spacial score (nSPS) is 10.6. The molecule has 0 saturated carbocycles. The molecule has 0 atom stereocenters. The molecule has 0 saturated heterocycles. The van der Waals surface area contributed by atoms with E-state index in [0.717, 1.165) is 24.1 Å². The molecule has 0 aromatic rings. The highest BCUT2D eigenvalue weighted by molar-refractivity contribution is 6.02. The third-order valence-electron chi connectivity index (χ3n) is 3.71. The summed E-state index contributed by atoms with van der Waals surface area (Å²) in [5, 5.41) is 17.2. The van der Waals surface area contributed by atoms with Crippen molar-refractivity contribution in [2.24, 2.45) is 0 Å². The minimum Gasteiger partial charge on any atom is -0.762 e. The molecule has 0 spiro atoms. The Morgan fingerprint density at radius 1 is 1.14 bits per heavy atom. The quantitative estimate of drug-likeness (QED) is 0.132. The van der Waals surface area contributed by atoms with Crippen LogP contribution in [-0.4, -0.2) is 76.0 Å². The van der Waals surface area contributed by atoms with Crippen LogP contribution in [0.4, 0.5) is 0 Å². The number of ether oxygens (including phenoxy) is 3. The van der Waals surface area contributed by atoms with Crippen molar-refractivity contribution in [1.29, 1.82) is 5.26 Å². The highest BCUT2D eigenvalue weighted by Gasteiger charge is 2.23. The van der Waals surface area contributed by atoms with E-state index in [9.17, 15) is 4.79 Å². The molecule has 124 valence electrons. The topological polar surface area (TPSA) is 90.8 Å². The van der Waals surface area contributed by atoms with E-state index in [1.165, 1.54) is 11.9 Å². The van der Waals surface area contributed by atoms with Crippen LogP contribution in [0.3, 0.4) is 0 Å². The first-order valence-corrected chi connectivity index (χ1v) is 7.35. The fourth-order valence-electron chi connectivity index (χ4n) is 1.99. The summed E-state index contributed by atoms with van der Waals surface area (Å²) in [4.78, 5) is 11.5. The molecule has 0 bridgehead atoms. The Hall–Kier alpha value is -1.71. The predicted octanol–water partition coefficient (Wildman–Crippen LogP) is 0.738. The number of hydrogen-bond donors (Lipinski definition) is 0. The second-order valence-electron chi connectivity index (χ2n) is 4.76. The summed E-state index contributed by atoms with van der Waals surface area (Å²) in [5.41, 5.74) is -0.519.